The molecule has 15 heavy (non-hydrogen) atoms. The SMILES string of the molecule is CCN(C)c1nc(N(C)C)cc(C)c1C. The Hall–Kier alpha value is -1.25. The molecule has 0 spiro atoms. The highest BCUT2D eigenvalue weighted by Gasteiger charge is 2.10. The fourth-order valence-corrected chi connectivity index (χ4v) is 1.45. The summed E-state index contributed by atoms with van der Waals surface area (Å²) in [6.45, 7) is 7.38. The molecule has 1 aromatic rings. The lowest BCUT2D eigenvalue weighted by molar-refractivity contribution is 0.916. The molecule has 0 aliphatic carbocycles. The van der Waals surface area contributed by atoms with Crippen LogP contribution < -0.4 is 9.80 Å². The molecule has 0 unspecified atom stereocenters. The fraction of sp³-hybridized carbons (Fsp3) is 0.583. The van der Waals surface area contributed by atoms with Gasteiger partial charge in [-0.15, -0.1) is 0 Å². The van der Waals surface area contributed by atoms with Crippen molar-refractivity contribution in [1.82, 2.24) is 4.98 Å². The third-order valence-corrected chi connectivity index (χ3v) is 2.79. The Balaban J connectivity index is 3.25. The molecule has 84 valence electrons. The van der Waals surface area contributed by atoms with Crippen molar-refractivity contribution in [2.45, 2.75) is 20.8 Å². The van der Waals surface area contributed by atoms with Gasteiger partial charge in [-0.1, -0.05) is 0 Å². The van der Waals surface area contributed by atoms with Gasteiger partial charge in [0.2, 0.25) is 0 Å². The fourth-order valence-electron chi connectivity index (χ4n) is 1.45. The van der Waals surface area contributed by atoms with Gasteiger partial charge in [-0.3, -0.25) is 0 Å². The van der Waals surface area contributed by atoms with Crippen molar-refractivity contribution >= 4 is 11.6 Å². The number of rotatable bonds is 3. The molecule has 0 aliphatic heterocycles. The molecule has 1 heterocycles. The molecule has 1 rings (SSSR count). The quantitative estimate of drug-likeness (QED) is 0.757. The predicted octanol–water partition coefficient (Wildman–Crippen LogP) is 2.22. The van der Waals surface area contributed by atoms with Crippen molar-refractivity contribution in [3.05, 3.63) is 17.2 Å². The number of pyridine rings is 1. The standard InChI is InChI=1S/C12H21N3/c1-7-15(6)12-10(3)9(2)8-11(13-12)14(4)5/h8H,7H2,1-6H3. The maximum atomic E-state index is 4.66. The summed E-state index contributed by atoms with van der Waals surface area (Å²) in [6.07, 6.45) is 0. The Kier molecular flexibility index (Phi) is 3.56. The zero-order chi connectivity index (χ0) is 11.6. The lowest BCUT2D eigenvalue weighted by atomic mass is 10.1. The van der Waals surface area contributed by atoms with E-state index in [0.717, 1.165) is 18.2 Å². The van der Waals surface area contributed by atoms with Crippen LogP contribution in [0.2, 0.25) is 0 Å². The average molecular weight is 207 g/mol. The van der Waals surface area contributed by atoms with E-state index in [-0.39, 0.29) is 0 Å². The Morgan fingerprint density at radius 1 is 1.20 bits per heavy atom. The summed E-state index contributed by atoms with van der Waals surface area (Å²) >= 11 is 0. The first-order valence-corrected chi connectivity index (χ1v) is 5.34. The van der Waals surface area contributed by atoms with Gasteiger partial charge in [0, 0.05) is 27.7 Å². The first kappa shape index (κ1) is 11.8. The number of hydrogen-bond donors (Lipinski definition) is 0. The number of nitrogens with zero attached hydrogens (tertiary/aromatic N) is 3. The third kappa shape index (κ3) is 2.41. The summed E-state index contributed by atoms with van der Waals surface area (Å²) in [6, 6.07) is 2.13. The molecule has 0 atom stereocenters. The predicted molar refractivity (Wildman–Crippen MR) is 67.0 cm³/mol. The maximum Gasteiger partial charge on any atom is 0.133 e. The van der Waals surface area contributed by atoms with E-state index in [2.05, 4.69) is 43.8 Å². The number of anilines is 2. The maximum absolute atomic E-state index is 4.66. The minimum atomic E-state index is 0.976. The Bertz CT molecular complexity index is 345. The summed E-state index contributed by atoms with van der Waals surface area (Å²) in [5, 5.41) is 0. The van der Waals surface area contributed by atoms with Gasteiger partial charge < -0.3 is 9.80 Å². The van der Waals surface area contributed by atoms with Gasteiger partial charge in [0.05, 0.1) is 0 Å². The second-order valence-electron chi connectivity index (χ2n) is 4.15. The van der Waals surface area contributed by atoms with Crippen LogP contribution in [0.3, 0.4) is 0 Å². The molecule has 1 aromatic heterocycles. The molecule has 0 saturated carbocycles. The zero-order valence-electron chi connectivity index (χ0n) is 10.6. The lowest BCUT2D eigenvalue weighted by Crippen LogP contribution is -2.21. The van der Waals surface area contributed by atoms with Crippen LogP contribution in [0.25, 0.3) is 0 Å². The number of aromatic nitrogens is 1. The van der Waals surface area contributed by atoms with Crippen LogP contribution in [-0.2, 0) is 0 Å². The minimum Gasteiger partial charge on any atom is -0.363 e. The van der Waals surface area contributed by atoms with Gasteiger partial charge in [0.15, 0.2) is 0 Å². The number of aryl methyl sites for hydroxylation is 1. The summed E-state index contributed by atoms with van der Waals surface area (Å²) in [7, 11) is 6.12. The van der Waals surface area contributed by atoms with Gasteiger partial charge in [0.1, 0.15) is 11.6 Å². The van der Waals surface area contributed by atoms with E-state index < -0.39 is 0 Å². The van der Waals surface area contributed by atoms with Gasteiger partial charge in [-0.2, -0.15) is 0 Å². The van der Waals surface area contributed by atoms with Crippen molar-refractivity contribution in [3.63, 3.8) is 0 Å². The molecule has 0 saturated heterocycles. The minimum absolute atomic E-state index is 0.976. The highest BCUT2D eigenvalue weighted by atomic mass is 15.2. The van der Waals surface area contributed by atoms with Crippen LogP contribution in [0.1, 0.15) is 18.1 Å². The molecule has 0 aliphatic rings. The van der Waals surface area contributed by atoms with Gasteiger partial charge in [-0.25, -0.2) is 4.98 Å². The van der Waals surface area contributed by atoms with E-state index >= 15 is 0 Å². The third-order valence-electron chi connectivity index (χ3n) is 2.79. The smallest absolute Gasteiger partial charge is 0.133 e. The second-order valence-corrected chi connectivity index (χ2v) is 4.15. The largest absolute Gasteiger partial charge is 0.363 e. The normalized spacial score (nSPS) is 10.3. The van der Waals surface area contributed by atoms with Crippen molar-refractivity contribution in [3.8, 4) is 0 Å². The molecular formula is C12H21N3. The highest BCUT2D eigenvalue weighted by Crippen LogP contribution is 2.23. The van der Waals surface area contributed by atoms with E-state index in [1.54, 1.807) is 0 Å². The Morgan fingerprint density at radius 3 is 2.27 bits per heavy atom. The van der Waals surface area contributed by atoms with Crippen molar-refractivity contribution in [1.29, 1.82) is 0 Å². The molecule has 0 radical (unpaired) electrons. The van der Waals surface area contributed by atoms with E-state index in [4.69, 9.17) is 0 Å². The molecular weight excluding hydrogens is 186 g/mol. The van der Waals surface area contributed by atoms with Crippen molar-refractivity contribution in [2.75, 3.05) is 37.5 Å². The van der Waals surface area contributed by atoms with Crippen LogP contribution >= 0.6 is 0 Å². The molecule has 0 aromatic carbocycles. The summed E-state index contributed by atoms with van der Waals surface area (Å²) in [5.41, 5.74) is 2.56. The Labute approximate surface area is 92.7 Å². The summed E-state index contributed by atoms with van der Waals surface area (Å²) in [5.74, 6) is 2.11. The van der Waals surface area contributed by atoms with E-state index in [1.807, 2.05) is 19.0 Å². The topological polar surface area (TPSA) is 19.4 Å². The lowest BCUT2D eigenvalue weighted by Gasteiger charge is -2.22. The van der Waals surface area contributed by atoms with E-state index in [9.17, 15) is 0 Å². The first-order chi connectivity index (χ1) is 6.97. The molecule has 0 N–H and O–H groups in total. The molecule has 0 bridgehead atoms. The molecule has 3 heteroatoms. The van der Waals surface area contributed by atoms with Crippen LogP contribution in [0.15, 0.2) is 6.07 Å². The van der Waals surface area contributed by atoms with Crippen molar-refractivity contribution < 1.29 is 0 Å². The van der Waals surface area contributed by atoms with E-state index in [0.29, 0.717) is 0 Å². The highest BCUT2D eigenvalue weighted by molar-refractivity contribution is 5.56. The number of hydrogen-bond acceptors (Lipinski definition) is 3. The molecule has 0 amide bonds. The zero-order valence-corrected chi connectivity index (χ0v) is 10.6. The second kappa shape index (κ2) is 4.51. The van der Waals surface area contributed by atoms with Crippen molar-refractivity contribution in [2.24, 2.45) is 0 Å². The van der Waals surface area contributed by atoms with Gasteiger partial charge in [-0.05, 0) is 38.0 Å². The van der Waals surface area contributed by atoms with Crippen LogP contribution in [0.4, 0.5) is 11.6 Å². The van der Waals surface area contributed by atoms with Gasteiger partial charge >= 0.3 is 0 Å². The van der Waals surface area contributed by atoms with E-state index in [1.165, 1.54) is 11.1 Å². The molecule has 0 fully saturated rings. The Morgan fingerprint density at radius 2 is 1.80 bits per heavy atom. The van der Waals surface area contributed by atoms with Crippen LogP contribution in [-0.4, -0.2) is 32.7 Å². The van der Waals surface area contributed by atoms with Gasteiger partial charge in [0.25, 0.3) is 0 Å². The van der Waals surface area contributed by atoms with Crippen LogP contribution in [0.5, 0.6) is 0 Å². The summed E-state index contributed by atoms with van der Waals surface area (Å²) < 4.78 is 0. The molecule has 3 nitrogen and oxygen atoms in total. The monoisotopic (exact) mass is 207 g/mol. The van der Waals surface area contributed by atoms with Crippen LogP contribution in [0, 0.1) is 13.8 Å². The average Bonchev–Trinajstić information content (AvgIpc) is 2.20. The summed E-state index contributed by atoms with van der Waals surface area (Å²) in [4.78, 5) is 8.87. The first-order valence-electron chi connectivity index (χ1n) is 5.34.